The van der Waals surface area contributed by atoms with E-state index in [-0.39, 0.29) is 23.6 Å². The molecule has 2 aliphatic rings. The zero-order chi connectivity index (χ0) is 103. The number of nitrogens with one attached hydrogen (secondary N) is 8. The molecule has 145 heavy (non-hydrogen) atoms. The van der Waals surface area contributed by atoms with Crippen LogP contribution in [-0.4, -0.2) is 319 Å². The second-order valence-electron chi connectivity index (χ2n) is 37.4. The third-order valence-corrected chi connectivity index (χ3v) is 24.7. The first-order valence-corrected chi connectivity index (χ1v) is 48.8. The SMILES string of the molecule is CCOCC.CN(C)CCN(C)c1ccc(NC(=O)c2n[nH]c3ccc(-c4cncc(CN(C)C)c4)cc23)cn1.CN(C)CCN(C)c1ccc(NC(=O)c2n[nH]c3ccc(-c4cncc(N)c4)cc23)cn1.CN(C)CCN(C)c1ccc(NC(=O)c2n[nH]c3ccc(-c4cncc(N5CCCC5)c4)cc23)cn1.CN(C)CCN(C)c1ccc(NC(=O)c2n[nH]c3ccc(-c4cncc(N5CCCCC5)c4)cc23)cn1. The average Bonchev–Trinajstić information content (AvgIpc) is 1.67. The monoisotopic (exact) mass is 1960 g/mol. The predicted octanol–water partition coefficient (Wildman–Crippen LogP) is 15.4. The van der Waals surface area contributed by atoms with Crippen LogP contribution in [0.25, 0.3) is 88.1 Å². The number of hydrogen-bond donors (Lipinski definition) is 9. The molecule has 2 saturated heterocycles. The summed E-state index contributed by atoms with van der Waals surface area (Å²) >= 11 is 0. The van der Waals surface area contributed by atoms with Gasteiger partial charge in [0.2, 0.25) is 0 Å². The van der Waals surface area contributed by atoms with E-state index in [4.69, 9.17) is 10.5 Å². The zero-order valence-corrected chi connectivity index (χ0v) is 85.8. The van der Waals surface area contributed by atoms with E-state index in [9.17, 15) is 19.2 Å². The smallest absolute Gasteiger partial charge is 0.276 e. The summed E-state index contributed by atoms with van der Waals surface area (Å²) in [5.41, 5.74) is 24.6. The van der Waals surface area contributed by atoms with E-state index >= 15 is 0 Å². The number of pyridine rings is 8. The number of likely N-dealkylation sites (N-methyl/N-ethyl adjacent to an activating group) is 8. The van der Waals surface area contributed by atoms with Gasteiger partial charge in [0.15, 0.2) is 22.8 Å². The summed E-state index contributed by atoms with van der Waals surface area (Å²) < 4.78 is 4.83. The van der Waals surface area contributed by atoms with Crippen molar-refractivity contribution < 1.29 is 23.9 Å². The topological polar surface area (TPSA) is 405 Å². The van der Waals surface area contributed by atoms with E-state index in [1.807, 2.05) is 277 Å². The number of carbonyl (C=O) groups is 4. The van der Waals surface area contributed by atoms with Gasteiger partial charge >= 0.3 is 0 Å². The number of aromatic amines is 4. The highest BCUT2D eigenvalue weighted by Gasteiger charge is 2.24. The van der Waals surface area contributed by atoms with Crippen LogP contribution in [0.5, 0.6) is 0 Å². The fraction of sp³-hybridized carbons (Fsp3) is 0.333. The molecule has 756 valence electrons. The fourth-order valence-electron chi connectivity index (χ4n) is 16.4. The van der Waals surface area contributed by atoms with Crippen LogP contribution in [0.4, 0.5) is 63.1 Å². The summed E-state index contributed by atoms with van der Waals surface area (Å²) in [6, 6.07) is 47.0. The molecule has 0 bridgehead atoms. The van der Waals surface area contributed by atoms with E-state index < -0.39 is 0 Å². The highest BCUT2D eigenvalue weighted by Crippen LogP contribution is 2.35. The van der Waals surface area contributed by atoms with Crippen molar-refractivity contribution in [3.05, 3.63) is 248 Å². The van der Waals surface area contributed by atoms with Gasteiger partial charge in [-0.05, 0) is 266 Å². The van der Waals surface area contributed by atoms with Crippen LogP contribution in [0.2, 0.25) is 0 Å². The van der Waals surface area contributed by atoms with Gasteiger partial charge in [0, 0.05) is 207 Å². The van der Waals surface area contributed by atoms with E-state index in [0.717, 1.165) is 227 Å². The average molecular weight is 1960 g/mol. The van der Waals surface area contributed by atoms with Crippen LogP contribution in [0.1, 0.15) is 93.5 Å². The third-order valence-electron chi connectivity index (χ3n) is 24.7. The maximum absolute atomic E-state index is 13.1. The first-order valence-electron chi connectivity index (χ1n) is 48.8. The molecule has 37 heteroatoms. The molecule has 4 amide bonds. The lowest BCUT2D eigenvalue weighted by molar-refractivity contribution is 0.101. The molecule has 4 aromatic carbocycles. The largest absolute Gasteiger partial charge is 0.397 e. The van der Waals surface area contributed by atoms with Gasteiger partial charge < -0.3 is 85.6 Å². The number of rotatable bonds is 34. The number of carbonyl (C=O) groups excluding carboxylic acids is 4. The number of amides is 4. The Morgan fingerprint density at radius 1 is 0.310 bits per heavy atom. The standard InChI is InChI=1S/C28H34N8O.C27H32N8O.C26H32N8O.C23H26N8O.C4H10O/c1-34(2)13-14-35(3)26-10-8-22(18-30-26)31-28(37)27-24-16-20(7-9-25(24)32-33-27)21-15-23(19-29-17-21)36-11-5-4-6-12-36;1-33(2)12-13-34(3)25-9-7-21(17-29-25)30-27(36)26-23-15-19(6-8-24(23)31-32-26)20-14-22(18-28-16-20)35-10-4-5-11-35;1-32(2)10-11-34(5)24-9-7-21(16-28-24)29-26(35)25-22-13-19(6-8-23(22)30-31-25)20-12-18(14-27-15-20)17-33(3)4;1-30(2)8-9-31(3)21-7-5-18(14-26-21)27-23(32)22-19-11-15(4-6-20(19)28-29-22)16-10-17(24)13-25-12-16;1-3-5-4-2/h7-10,15-19H,4-6,11-14H2,1-3H3,(H,31,37)(H,32,33);6-9,14-18H,4-5,10-13H2,1-3H3,(H,30,36)(H,31,32);6-9,12-16H,10-11,17H2,1-5H3,(H,29,35)(H,30,31);4-7,10-14H,8-9,24H2,1-3H3,(H,27,32)(H,28,29);3-4H2,1-2H3. The van der Waals surface area contributed by atoms with E-state index in [2.05, 4.69) is 174 Å². The first kappa shape index (κ1) is 105. The number of H-pyrrole nitrogens is 4. The van der Waals surface area contributed by atoms with Crippen molar-refractivity contribution in [1.82, 2.24) is 105 Å². The van der Waals surface area contributed by atoms with Gasteiger partial charge in [0.25, 0.3) is 23.6 Å². The summed E-state index contributed by atoms with van der Waals surface area (Å²) in [7, 11) is 28.4. The van der Waals surface area contributed by atoms with Gasteiger partial charge in [0.1, 0.15) is 23.3 Å². The predicted molar refractivity (Wildman–Crippen MR) is 585 cm³/mol. The Hall–Kier alpha value is -15.8. The molecular formula is C108H134N32O5. The lowest BCUT2D eigenvalue weighted by Gasteiger charge is -2.28. The highest BCUT2D eigenvalue weighted by atomic mass is 16.5. The zero-order valence-electron chi connectivity index (χ0n) is 85.8. The van der Waals surface area contributed by atoms with Gasteiger partial charge in [-0.15, -0.1) is 0 Å². The Morgan fingerprint density at radius 3 is 0.862 bits per heavy atom. The second-order valence-corrected chi connectivity index (χ2v) is 37.4. The van der Waals surface area contributed by atoms with Crippen LogP contribution in [0.15, 0.2) is 220 Å². The lowest BCUT2D eigenvalue weighted by Crippen LogP contribution is -2.29. The number of benzene rings is 4. The molecule has 2 aliphatic heterocycles. The van der Waals surface area contributed by atoms with Crippen molar-refractivity contribution in [2.45, 2.75) is 52.5 Å². The van der Waals surface area contributed by atoms with Crippen LogP contribution in [0.3, 0.4) is 0 Å². The molecule has 0 aliphatic carbocycles. The van der Waals surface area contributed by atoms with E-state index in [1.54, 1.807) is 37.2 Å². The molecule has 12 aromatic heterocycles. The highest BCUT2D eigenvalue weighted by molar-refractivity contribution is 6.15. The number of aromatic nitrogens is 16. The van der Waals surface area contributed by atoms with Gasteiger partial charge in [0.05, 0.1) is 99.1 Å². The maximum atomic E-state index is 13.1. The molecule has 0 spiro atoms. The summed E-state index contributed by atoms with van der Waals surface area (Å²) in [6.45, 7) is 17.9. The summed E-state index contributed by atoms with van der Waals surface area (Å²) in [6.07, 6.45) is 27.5. The molecule has 10 N–H and O–H groups in total. The summed E-state index contributed by atoms with van der Waals surface area (Å²) in [5.74, 6) is 2.25. The number of piperidine rings is 1. The number of nitrogen functional groups attached to an aromatic ring is 1. The quantitative estimate of drug-likeness (QED) is 0.0181. The van der Waals surface area contributed by atoms with Crippen molar-refractivity contribution in [2.75, 3.05) is 247 Å². The van der Waals surface area contributed by atoms with Crippen molar-refractivity contribution in [1.29, 1.82) is 0 Å². The van der Waals surface area contributed by atoms with Crippen LogP contribution < -0.4 is 56.4 Å². The third kappa shape index (κ3) is 29.0. The minimum Gasteiger partial charge on any atom is -0.397 e. The van der Waals surface area contributed by atoms with Gasteiger partial charge in [-0.25, -0.2) is 19.9 Å². The normalized spacial score (nSPS) is 12.4. The maximum Gasteiger partial charge on any atom is 0.276 e. The van der Waals surface area contributed by atoms with Crippen molar-refractivity contribution in [2.24, 2.45) is 0 Å². The molecule has 0 unspecified atom stereocenters. The molecule has 0 atom stereocenters. The number of nitrogens with two attached hydrogens (primary N) is 1. The molecule has 14 heterocycles. The second kappa shape index (κ2) is 50.7. The van der Waals surface area contributed by atoms with Crippen molar-refractivity contribution in [3.8, 4) is 44.5 Å². The number of nitrogens with zero attached hydrogens (tertiary/aromatic N) is 23. The van der Waals surface area contributed by atoms with Gasteiger partial charge in [-0.1, -0.05) is 24.3 Å². The van der Waals surface area contributed by atoms with Crippen LogP contribution in [0, 0.1) is 0 Å². The minimum absolute atomic E-state index is 0.279. The Bertz CT molecular complexity index is 6930. The number of anilines is 11. The molecule has 18 rings (SSSR count). The Labute approximate surface area is 846 Å². The molecule has 37 nitrogen and oxygen atoms in total. The van der Waals surface area contributed by atoms with Crippen molar-refractivity contribution >= 4 is 130 Å². The number of hydrogen-bond acceptors (Lipinski definition) is 29. The van der Waals surface area contributed by atoms with E-state index in [1.165, 1.54) is 32.1 Å². The minimum atomic E-state index is -0.311. The Morgan fingerprint density at radius 2 is 0.593 bits per heavy atom. The molecule has 2 fully saturated rings. The Kier molecular flexibility index (Phi) is 36.7. The summed E-state index contributed by atoms with van der Waals surface area (Å²) in [5, 5.41) is 43.6. The van der Waals surface area contributed by atoms with Crippen LogP contribution >= 0.6 is 0 Å². The molecule has 0 radical (unpaired) electrons. The van der Waals surface area contributed by atoms with Gasteiger partial charge in [-0.2, -0.15) is 20.4 Å². The van der Waals surface area contributed by atoms with Crippen molar-refractivity contribution in [3.63, 3.8) is 0 Å². The molecule has 0 saturated carbocycles. The molecular weight excluding hydrogens is 1830 g/mol. The van der Waals surface area contributed by atoms with E-state index in [0.29, 0.717) is 51.2 Å². The molecule has 16 aromatic rings. The van der Waals surface area contributed by atoms with Gasteiger partial charge in [-0.3, -0.25) is 59.5 Å². The first-order chi connectivity index (χ1) is 70.1. The lowest BCUT2D eigenvalue weighted by atomic mass is 10.0. The Balaban J connectivity index is 0.000000151. The van der Waals surface area contributed by atoms with Crippen LogP contribution in [-0.2, 0) is 11.3 Å². The fourth-order valence-corrected chi connectivity index (χ4v) is 16.4. The summed E-state index contributed by atoms with van der Waals surface area (Å²) in [4.78, 5) is 111. The number of ether oxygens (including phenoxy) is 1. The number of fused-ring (bicyclic) bond motifs is 4.